The van der Waals surface area contributed by atoms with E-state index in [0.29, 0.717) is 30.1 Å². The fourth-order valence-electron chi connectivity index (χ4n) is 6.22. The number of alkyl halides is 3. The molecule has 0 spiro atoms. The van der Waals surface area contributed by atoms with Crippen LogP contribution in [0.25, 0.3) is 11.2 Å². The molecule has 4 heterocycles. The molecule has 2 aliphatic rings. The molecule has 228 valence electrons. The number of carbonyl (C=O) groups excluding carboxylic acids is 1. The first-order valence-corrected chi connectivity index (χ1v) is 14.6. The molecule has 0 radical (unpaired) electrons. The van der Waals surface area contributed by atoms with Crippen LogP contribution in [0.5, 0.6) is 0 Å². The number of likely N-dealkylation sites (tertiary alicyclic amines) is 1. The van der Waals surface area contributed by atoms with Crippen molar-refractivity contribution in [2.45, 2.75) is 70.1 Å². The van der Waals surface area contributed by atoms with Crippen LogP contribution in [-0.4, -0.2) is 53.4 Å². The smallest absolute Gasteiger partial charge is 0.418 e. The van der Waals surface area contributed by atoms with Crippen molar-refractivity contribution >= 4 is 11.6 Å². The van der Waals surface area contributed by atoms with Gasteiger partial charge in [-0.05, 0) is 75.3 Å². The van der Waals surface area contributed by atoms with Gasteiger partial charge in [0.05, 0.1) is 16.8 Å². The van der Waals surface area contributed by atoms with Gasteiger partial charge in [-0.25, -0.2) is 9.59 Å². The Morgan fingerprint density at radius 1 is 1.09 bits per heavy atom. The highest BCUT2D eigenvalue weighted by atomic mass is 19.4. The Balaban J connectivity index is 1.39. The average Bonchev–Trinajstić information content (AvgIpc) is 3.63. The number of ether oxygens (including phenoxy) is 1. The number of aromatic nitrogens is 5. The quantitative estimate of drug-likeness (QED) is 0.287. The third-order valence-corrected chi connectivity index (χ3v) is 8.56. The summed E-state index contributed by atoms with van der Waals surface area (Å²) in [6.07, 6.45) is 2.88. The van der Waals surface area contributed by atoms with E-state index in [1.807, 2.05) is 29.8 Å². The SMILES string of the molecule is Cn1cnnc1[C@@H](c1cccc(-n2cc3c(C(F)(F)F)cc(C4CCN(C(=O)OC(C)(C)C)C4)cn3c2=O)c1)C1CCC1. The van der Waals surface area contributed by atoms with E-state index < -0.39 is 29.1 Å². The van der Waals surface area contributed by atoms with Gasteiger partial charge in [-0.1, -0.05) is 18.6 Å². The van der Waals surface area contributed by atoms with Gasteiger partial charge in [0.15, 0.2) is 0 Å². The van der Waals surface area contributed by atoms with Crippen molar-refractivity contribution in [3.05, 3.63) is 82.1 Å². The number of amides is 1. The molecule has 1 amide bonds. The molecule has 4 aromatic rings. The van der Waals surface area contributed by atoms with Crippen LogP contribution >= 0.6 is 0 Å². The lowest BCUT2D eigenvalue weighted by Crippen LogP contribution is -2.35. The van der Waals surface area contributed by atoms with Crippen LogP contribution in [0.4, 0.5) is 18.0 Å². The van der Waals surface area contributed by atoms with Crippen LogP contribution in [0.2, 0.25) is 0 Å². The van der Waals surface area contributed by atoms with E-state index in [-0.39, 0.29) is 23.9 Å². The minimum atomic E-state index is -4.69. The fraction of sp³-hybridized carbons (Fsp3) is 0.484. The summed E-state index contributed by atoms with van der Waals surface area (Å²) in [6.45, 7) is 5.85. The van der Waals surface area contributed by atoms with Gasteiger partial charge in [-0.15, -0.1) is 10.2 Å². The van der Waals surface area contributed by atoms with Crippen molar-refractivity contribution in [2.75, 3.05) is 13.1 Å². The molecule has 1 saturated carbocycles. The molecule has 2 fully saturated rings. The fourth-order valence-corrected chi connectivity index (χ4v) is 6.22. The summed E-state index contributed by atoms with van der Waals surface area (Å²) in [4.78, 5) is 27.8. The van der Waals surface area contributed by atoms with Crippen molar-refractivity contribution < 1.29 is 22.7 Å². The molecule has 1 saturated heterocycles. The molecule has 0 bridgehead atoms. The van der Waals surface area contributed by atoms with Crippen LogP contribution in [0.15, 0.2) is 53.8 Å². The van der Waals surface area contributed by atoms with Crippen molar-refractivity contribution in [3.8, 4) is 5.69 Å². The third kappa shape index (κ3) is 5.54. The van der Waals surface area contributed by atoms with Crippen molar-refractivity contribution in [3.63, 3.8) is 0 Å². The second-order valence-corrected chi connectivity index (χ2v) is 12.7. The molecule has 1 aliphatic carbocycles. The molecule has 0 N–H and O–H groups in total. The summed E-state index contributed by atoms with van der Waals surface area (Å²) >= 11 is 0. The maximum atomic E-state index is 14.4. The summed E-state index contributed by atoms with van der Waals surface area (Å²) in [5, 5.41) is 8.41. The van der Waals surface area contributed by atoms with Crippen LogP contribution in [0, 0.1) is 5.92 Å². The zero-order valence-corrected chi connectivity index (χ0v) is 24.6. The van der Waals surface area contributed by atoms with Gasteiger partial charge in [0.25, 0.3) is 0 Å². The zero-order valence-electron chi connectivity index (χ0n) is 24.6. The van der Waals surface area contributed by atoms with E-state index in [4.69, 9.17) is 4.74 Å². The Kier molecular flexibility index (Phi) is 7.13. The predicted molar refractivity (Wildman–Crippen MR) is 153 cm³/mol. The molecule has 1 aromatic carbocycles. The van der Waals surface area contributed by atoms with Gasteiger partial charge in [0, 0.05) is 44.4 Å². The largest absolute Gasteiger partial charge is 0.444 e. The Morgan fingerprint density at radius 2 is 1.86 bits per heavy atom. The number of halogens is 3. The van der Waals surface area contributed by atoms with E-state index in [9.17, 15) is 22.8 Å². The summed E-state index contributed by atoms with van der Waals surface area (Å²) in [6, 6.07) is 8.49. The van der Waals surface area contributed by atoms with E-state index >= 15 is 0 Å². The van der Waals surface area contributed by atoms with E-state index in [0.717, 1.165) is 41.1 Å². The first-order valence-electron chi connectivity index (χ1n) is 14.6. The molecule has 2 atom stereocenters. The van der Waals surface area contributed by atoms with E-state index in [2.05, 4.69) is 10.2 Å². The number of aryl methyl sites for hydroxylation is 1. The average molecular weight is 597 g/mol. The number of carbonyl (C=O) groups is 1. The van der Waals surface area contributed by atoms with Crippen LogP contribution in [0.1, 0.15) is 80.8 Å². The van der Waals surface area contributed by atoms with Crippen LogP contribution in [0.3, 0.4) is 0 Å². The number of nitrogens with zero attached hydrogens (tertiary/aromatic N) is 6. The molecule has 43 heavy (non-hydrogen) atoms. The lowest BCUT2D eigenvalue weighted by Gasteiger charge is -2.33. The Hall–Kier alpha value is -4.09. The number of pyridine rings is 1. The third-order valence-electron chi connectivity index (χ3n) is 8.56. The predicted octanol–water partition coefficient (Wildman–Crippen LogP) is 5.89. The molecule has 12 heteroatoms. The standard InChI is InChI=1S/C31H35F3N6O3/c1-30(2,3)43-29(42)38-12-11-21(15-38)22-14-24(31(32,33)34)25-17-39(28(41)40(25)16-22)23-10-6-9-20(13-23)26(19-7-5-8-19)27-36-35-18-37(27)4/h6,9-10,13-14,16-19,21,26H,5,7-8,11-12,15H2,1-4H3/t21?,26-/m1/s1. The van der Waals surface area contributed by atoms with Crippen molar-refractivity contribution in [1.29, 1.82) is 0 Å². The Morgan fingerprint density at radius 3 is 2.49 bits per heavy atom. The number of imidazole rings is 1. The van der Waals surface area contributed by atoms with Gasteiger partial charge in [0.1, 0.15) is 17.8 Å². The van der Waals surface area contributed by atoms with Crippen LogP contribution < -0.4 is 5.69 Å². The lowest BCUT2D eigenvalue weighted by molar-refractivity contribution is -0.136. The molecule has 6 rings (SSSR count). The highest BCUT2D eigenvalue weighted by Crippen LogP contribution is 2.43. The molecule has 1 unspecified atom stereocenters. The van der Waals surface area contributed by atoms with Crippen LogP contribution in [-0.2, 0) is 18.0 Å². The molecule has 3 aromatic heterocycles. The number of fused-ring (bicyclic) bond motifs is 1. The van der Waals surface area contributed by atoms with Crippen molar-refractivity contribution in [2.24, 2.45) is 13.0 Å². The Bertz CT molecular complexity index is 1730. The molecular weight excluding hydrogens is 561 g/mol. The molecule has 1 aliphatic heterocycles. The maximum Gasteiger partial charge on any atom is 0.418 e. The monoisotopic (exact) mass is 596 g/mol. The highest BCUT2D eigenvalue weighted by molar-refractivity contribution is 5.68. The molecular formula is C31H35F3N6O3. The number of hydrogen-bond acceptors (Lipinski definition) is 5. The minimum Gasteiger partial charge on any atom is -0.444 e. The maximum absolute atomic E-state index is 14.4. The Labute approximate surface area is 246 Å². The topological polar surface area (TPSA) is 86.7 Å². The second-order valence-electron chi connectivity index (χ2n) is 12.7. The first kappa shape index (κ1) is 29.0. The number of benzene rings is 1. The highest BCUT2D eigenvalue weighted by Gasteiger charge is 2.37. The normalized spacial score (nSPS) is 18.7. The lowest BCUT2D eigenvalue weighted by atomic mass is 9.72. The number of rotatable bonds is 5. The van der Waals surface area contributed by atoms with Gasteiger partial charge in [-0.3, -0.25) is 8.97 Å². The van der Waals surface area contributed by atoms with E-state index in [1.165, 1.54) is 21.9 Å². The summed E-state index contributed by atoms with van der Waals surface area (Å²) < 4.78 is 52.9. The van der Waals surface area contributed by atoms with Gasteiger partial charge in [0.2, 0.25) is 0 Å². The minimum absolute atomic E-state index is 0.0402. The van der Waals surface area contributed by atoms with Crippen molar-refractivity contribution in [1.82, 2.24) is 28.6 Å². The summed E-state index contributed by atoms with van der Waals surface area (Å²) in [5.41, 5.74) is -0.629. The van der Waals surface area contributed by atoms with Gasteiger partial charge in [-0.2, -0.15) is 13.2 Å². The zero-order chi connectivity index (χ0) is 30.7. The van der Waals surface area contributed by atoms with E-state index in [1.54, 1.807) is 33.2 Å². The number of hydrogen-bond donors (Lipinski definition) is 0. The summed E-state index contributed by atoms with van der Waals surface area (Å²) in [7, 11) is 1.89. The van der Waals surface area contributed by atoms with Gasteiger partial charge >= 0.3 is 18.0 Å². The summed E-state index contributed by atoms with van der Waals surface area (Å²) in [5.74, 6) is 0.777. The molecule has 9 nitrogen and oxygen atoms in total. The van der Waals surface area contributed by atoms with Gasteiger partial charge < -0.3 is 14.2 Å². The first-order chi connectivity index (χ1) is 20.3. The second kappa shape index (κ2) is 10.6.